The zero-order valence-corrected chi connectivity index (χ0v) is 19.7. The average Bonchev–Trinajstić information content (AvgIpc) is 3.19. The molecule has 2 nitrogen and oxygen atoms in total. The summed E-state index contributed by atoms with van der Waals surface area (Å²) in [5, 5.41) is 3.58. The Kier molecular flexibility index (Phi) is 12.0. The Labute approximate surface area is 182 Å². The first kappa shape index (κ1) is 23.6. The second-order valence-corrected chi connectivity index (χ2v) is 9.34. The molecule has 2 aromatic rings. The van der Waals surface area contributed by atoms with Crippen LogP contribution in [0.4, 0.5) is 5.69 Å². The first-order chi connectivity index (χ1) is 13.8. The van der Waals surface area contributed by atoms with E-state index in [2.05, 4.69) is 52.7 Å². The average molecular weight is 421 g/mol. The molecule has 0 saturated carbocycles. The van der Waals surface area contributed by atoms with Gasteiger partial charge in [-0.2, -0.15) is 0 Å². The van der Waals surface area contributed by atoms with E-state index < -0.39 is 0 Å². The molecule has 0 aliphatic carbocycles. The molecule has 0 aliphatic heterocycles. The zero-order chi connectivity index (χ0) is 20.0. The fraction of sp³-hybridized carbons (Fsp3) is 0.667. The van der Waals surface area contributed by atoms with Gasteiger partial charge >= 0.3 is 0 Å². The van der Waals surface area contributed by atoms with Gasteiger partial charge in [-0.1, -0.05) is 83.6 Å². The molecule has 0 fully saturated rings. The third-order valence-electron chi connectivity index (χ3n) is 5.59. The molecule has 0 atom stereocenters. The molecule has 0 N–H and O–H groups in total. The van der Waals surface area contributed by atoms with Gasteiger partial charge in [-0.05, 0) is 36.9 Å². The van der Waals surface area contributed by atoms with Crippen LogP contribution in [-0.2, 0) is 0 Å². The van der Waals surface area contributed by atoms with Gasteiger partial charge in [0, 0.05) is 42.0 Å². The van der Waals surface area contributed by atoms with Gasteiger partial charge in [-0.3, -0.25) is 4.31 Å². The maximum absolute atomic E-state index is 4.72. The van der Waals surface area contributed by atoms with E-state index in [9.17, 15) is 0 Å². The van der Waals surface area contributed by atoms with E-state index in [1.807, 2.05) is 11.3 Å². The maximum atomic E-state index is 4.72. The summed E-state index contributed by atoms with van der Waals surface area (Å²) in [5.74, 6) is 0. The molecule has 0 amide bonds. The molecule has 2 rings (SSSR count). The van der Waals surface area contributed by atoms with Crippen LogP contribution in [0, 0.1) is 0 Å². The van der Waals surface area contributed by atoms with Crippen LogP contribution in [-0.4, -0.2) is 30.5 Å². The van der Waals surface area contributed by atoms with Crippen molar-refractivity contribution < 1.29 is 0 Å². The van der Waals surface area contributed by atoms with Gasteiger partial charge in [-0.15, -0.1) is 11.3 Å². The van der Waals surface area contributed by atoms with E-state index in [1.54, 1.807) is 0 Å². The lowest BCUT2D eigenvalue weighted by atomic mass is 10.1. The largest absolute Gasteiger partial charge is 0.370 e. The summed E-state index contributed by atoms with van der Waals surface area (Å²) in [6.45, 7) is 8.71. The van der Waals surface area contributed by atoms with Gasteiger partial charge in [0.2, 0.25) is 0 Å². The van der Waals surface area contributed by atoms with E-state index in [0.717, 1.165) is 26.2 Å². The number of rotatable bonds is 16. The molecule has 0 bridgehead atoms. The molecule has 4 heteroatoms. The Morgan fingerprint density at radius 3 is 2.14 bits per heavy atom. The standard InChI is InChI=1S/C24H40N2S2/c1-3-5-6-7-8-9-10-11-12-13-18-26(27)20-19-25(4-2)23-15-14-16-24-22(23)17-21-28-24/h14-17,21,27H,3-13,18-20H2,1-2H3. The number of anilines is 1. The van der Waals surface area contributed by atoms with Crippen molar-refractivity contribution in [3.63, 3.8) is 0 Å². The topological polar surface area (TPSA) is 6.48 Å². The molecule has 0 unspecified atom stereocenters. The number of unbranched alkanes of at least 4 members (excludes halogenated alkanes) is 9. The van der Waals surface area contributed by atoms with Gasteiger partial charge < -0.3 is 4.90 Å². The van der Waals surface area contributed by atoms with Crippen LogP contribution >= 0.6 is 24.2 Å². The van der Waals surface area contributed by atoms with Crippen molar-refractivity contribution in [3.05, 3.63) is 29.6 Å². The van der Waals surface area contributed by atoms with Gasteiger partial charge in [0.25, 0.3) is 0 Å². The van der Waals surface area contributed by atoms with Crippen molar-refractivity contribution in [2.75, 3.05) is 31.1 Å². The lowest BCUT2D eigenvalue weighted by molar-refractivity contribution is 0.449. The minimum absolute atomic E-state index is 1.01. The highest BCUT2D eigenvalue weighted by atomic mass is 32.1. The lowest BCUT2D eigenvalue weighted by Gasteiger charge is -2.26. The normalized spacial score (nSPS) is 11.6. The van der Waals surface area contributed by atoms with Crippen LogP contribution < -0.4 is 4.90 Å². The Morgan fingerprint density at radius 2 is 1.46 bits per heavy atom. The third kappa shape index (κ3) is 8.34. The van der Waals surface area contributed by atoms with E-state index in [1.165, 1.54) is 80.0 Å². The molecule has 0 radical (unpaired) electrons. The third-order valence-corrected chi connectivity index (χ3v) is 6.88. The second kappa shape index (κ2) is 14.3. The number of nitrogens with zero attached hydrogens (tertiary/aromatic N) is 2. The highest BCUT2D eigenvalue weighted by Gasteiger charge is 2.10. The number of hydrogen-bond donors (Lipinski definition) is 1. The van der Waals surface area contributed by atoms with Crippen molar-refractivity contribution in [1.82, 2.24) is 4.31 Å². The van der Waals surface area contributed by atoms with E-state index in [0.29, 0.717) is 0 Å². The Bertz CT molecular complexity index is 640. The first-order valence-corrected chi connectivity index (χ1v) is 12.7. The molecule has 0 aliphatic rings. The van der Waals surface area contributed by atoms with Crippen LogP contribution in [0.5, 0.6) is 0 Å². The van der Waals surface area contributed by atoms with Gasteiger partial charge in [0.1, 0.15) is 0 Å². The van der Waals surface area contributed by atoms with Crippen molar-refractivity contribution in [1.29, 1.82) is 0 Å². The molecular formula is C24H40N2S2. The summed E-state index contributed by atoms with van der Waals surface area (Å²) in [5.41, 5.74) is 1.36. The van der Waals surface area contributed by atoms with E-state index in [-0.39, 0.29) is 0 Å². The summed E-state index contributed by atoms with van der Waals surface area (Å²) < 4.78 is 3.59. The van der Waals surface area contributed by atoms with Crippen molar-refractivity contribution in [2.24, 2.45) is 0 Å². The van der Waals surface area contributed by atoms with Crippen molar-refractivity contribution >= 4 is 39.9 Å². The molecule has 28 heavy (non-hydrogen) atoms. The smallest absolute Gasteiger partial charge is 0.0454 e. The lowest BCUT2D eigenvalue weighted by Crippen LogP contribution is -2.31. The predicted molar refractivity (Wildman–Crippen MR) is 132 cm³/mol. The van der Waals surface area contributed by atoms with Gasteiger partial charge in [0.15, 0.2) is 0 Å². The molecule has 158 valence electrons. The zero-order valence-electron chi connectivity index (χ0n) is 18.0. The molecule has 0 saturated heterocycles. The minimum atomic E-state index is 1.01. The number of hydrogen-bond acceptors (Lipinski definition) is 4. The Hall–Kier alpha value is -0.710. The van der Waals surface area contributed by atoms with Crippen LogP contribution in [0.15, 0.2) is 29.6 Å². The number of thiophene rings is 1. The van der Waals surface area contributed by atoms with E-state index >= 15 is 0 Å². The SMILES string of the molecule is CCCCCCCCCCCCN(S)CCN(CC)c1cccc2sccc12. The predicted octanol–water partition coefficient (Wildman–Crippen LogP) is 7.80. The summed E-state index contributed by atoms with van der Waals surface area (Å²) in [7, 11) is 0. The highest BCUT2D eigenvalue weighted by molar-refractivity contribution is 7.77. The number of fused-ring (bicyclic) bond motifs is 1. The molecule has 0 spiro atoms. The highest BCUT2D eigenvalue weighted by Crippen LogP contribution is 2.30. The fourth-order valence-electron chi connectivity index (χ4n) is 3.83. The fourth-order valence-corrected chi connectivity index (χ4v) is 4.87. The first-order valence-electron chi connectivity index (χ1n) is 11.4. The molecule has 1 heterocycles. The van der Waals surface area contributed by atoms with Crippen LogP contribution in [0.1, 0.15) is 78.1 Å². The summed E-state index contributed by atoms with van der Waals surface area (Å²) in [4.78, 5) is 2.48. The second-order valence-electron chi connectivity index (χ2n) is 7.82. The maximum Gasteiger partial charge on any atom is 0.0454 e. The van der Waals surface area contributed by atoms with Crippen LogP contribution in [0.25, 0.3) is 10.1 Å². The minimum Gasteiger partial charge on any atom is -0.370 e. The Balaban J connectivity index is 1.57. The quantitative estimate of drug-likeness (QED) is 0.219. The summed E-state index contributed by atoms with van der Waals surface area (Å²) in [6.07, 6.45) is 13.9. The molecule has 1 aromatic carbocycles. The van der Waals surface area contributed by atoms with E-state index in [4.69, 9.17) is 12.8 Å². The summed E-state index contributed by atoms with van der Waals surface area (Å²) in [6, 6.07) is 8.90. The monoisotopic (exact) mass is 420 g/mol. The number of benzene rings is 1. The van der Waals surface area contributed by atoms with Gasteiger partial charge in [-0.25, -0.2) is 0 Å². The molecular weight excluding hydrogens is 380 g/mol. The van der Waals surface area contributed by atoms with Gasteiger partial charge in [0.05, 0.1) is 0 Å². The van der Waals surface area contributed by atoms with Crippen molar-refractivity contribution in [3.8, 4) is 0 Å². The summed E-state index contributed by atoms with van der Waals surface area (Å²) >= 11 is 6.54. The Morgan fingerprint density at radius 1 is 0.786 bits per heavy atom. The number of likely N-dealkylation sites (N-methyl/N-ethyl adjacent to an activating group) is 1. The number of thiol groups is 1. The molecule has 1 aromatic heterocycles. The van der Waals surface area contributed by atoms with Crippen LogP contribution in [0.3, 0.4) is 0 Å². The van der Waals surface area contributed by atoms with Crippen molar-refractivity contribution in [2.45, 2.75) is 78.1 Å². The van der Waals surface area contributed by atoms with Crippen LogP contribution in [0.2, 0.25) is 0 Å².